The first-order valence-electron chi connectivity index (χ1n) is 11.0. The van der Waals surface area contributed by atoms with Crippen molar-refractivity contribution in [2.45, 2.75) is 38.3 Å². The van der Waals surface area contributed by atoms with E-state index in [1.165, 1.54) is 0 Å². The molecule has 34 heavy (non-hydrogen) atoms. The zero-order valence-electron chi connectivity index (χ0n) is 18.7. The van der Waals surface area contributed by atoms with E-state index in [9.17, 15) is 14.4 Å². The van der Waals surface area contributed by atoms with Crippen LogP contribution < -0.4 is 10.6 Å². The number of hydrogen-bond acceptors (Lipinski definition) is 5. The van der Waals surface area contributed by atoms with Crippen LogP contribution in [0, 0.1) is 6.92 Å². The van der Waals surface area contributed by atoms with Crippen molar-refractivity contribution in [2.75, 3.05) is 6.61 Å². The van der Waals surface area contributed by atoms with Gasteiger partial charge in [0.2, 0.25) is 5.91 Å². The van der Waals surface area contributed by atoms with E-state index in [4.69, 9.17) is 9.84 Å². The summed E-state index contributed by atoms with van der Waals surface area (Å²) in [6.45, 7) is 2.09. The summed E-state index contributed by atoms with van der Waals surface area (Å²) in [6.07, 6.45) is -1.11. The largest absolute Gasteiger partial charge is 0.481 e. The van der Waals surface area contributed by atoms with Gasteiger partial charge in [0.25, 0.3) is 0 Å². The normalized spacial score (nSPS) is 13.0. The molecule has 2 aromatic carbocycles. The lowest BCUT2D eigenvalue weighted by molar-refractivity contribution is -0.137. The van der Waals surface area contributed by atoms with Gasteiger partial charge in [0.05, 0.1) is 12.2 Å². The van der Waals surface area contributed by atoms with E-state index in [0.717, 1.165) is 27.9 Å². The van der Waals surface area contributed by atoms with Crippen LogP contribution in [0.25, 0.3) is 11.1 Å². The molecule has 1 heterocycles. The average molecular weight is 463 g/mol. The van der Waals surface area contributed by atoms with Gasteiger partial charge in [0.1, 0.15) is 12.6 Å². The van der Waals surface area contributed by atoms with Gasteiger partial charge in [-0.05, 0) is 41.7 Å². The average Bonchev–Trinajstić information content (AvgIpc) is 3.39. The fraction of sp³-hybridized carbons (Fsp3) is 0.280. The Hall–Kier alpha value is -4.14. The molecule has 1 unspecified atom stereocenters. The first-order valence-corrected chi connectivity index (χ1v) is 11.0. The van der Waals surface area contributed by atoms with E-state index in [2.05, 4.69) is 20.8 Å². The van der Waals surface area contributed by atoms with Gasteiger partial charge in [-0.2, -0.15) is 5.10 Å². The van der Waals surface area contributed by atoms with Gasteiger partial charge in [0.15, 0.2) is 0 Å². The van der Waals surface area contributed by atoms with Crippen LogP contribution in [-0.2, 0) is 20.9 Å². The Kier molecular flexibility index (Phi) is 6.91. The topological polar surface area (TPSA) is 133 Å². The molecule has 0 bridgehead atoms. The number of nitrogens with zero attached hydrogens (tertiary/aromatic N) is 1. The van der Waals surface area contributed by atoms with Gasteiger partial charge in [0, 0.05) is 18.0 Å². The number of fused-ring (bicyclic) bond motifs is 3. The lowest BCUT2D eigenvalue weighted by Gasteiger charge is -2.19. The molecule has 1 atom stereocenters. The van der Waals surface area contributed by atoms with Crippen LogP contribution in [0.3, 0.4) is 0 Å². The minimum atomic E-state index is -1.06. The smallest absolute Gasteiger partial charge is 0.407 e. The number of aromatic amines is 1. The highest BCUT2D eigenvalue weighted by Crippen LogP contribution is 2.44. The van der Waals surface area contributed by atoms with Crippen LogP contribution >= 0.6 is 0 Å². The molecule has 0 saturated carbocycles. The first kappa shape index (κ1) is 23.0. The standard InChI is InChI=1S/C25H26N4O5/c1-15-12-16(29-28-15)13-26-24(32)22(10-11-23(30)31)27-25(33)34-14-21-19-8-4-2-6-17(19)18-7-3-5-9-20(18)21/h2-9,12,21-22H,10-11,13-14H2,1H3,(H,26,32)(H,27,33)(H,28,29)(H,30,31). The van der Waals surface area contributed by atoms with Crippen LogP contribution in [0.4, 0.5) is 4.79 Å². The molecule has 4 N–H and O–H groups in total. The number of ether oxygens (including phenoxy) is 1. The Morgan fingerprint density at radius 3 is 2.32 bits per heavy atom. The number of amides is 2. The number of H-pyrrole nitrogens is 1. The number of carboxylic acids is 1. The van der Waals surface area contributed by atoms with Crippen LogP contribution in [0.5, 0.6) is 0 Å². The molecule has 0 fully saturated rings. The fourth-order valence-corrected chi connectivity index (χ4v) is 4.18. The van der Waals surface area contributed by atoms with Gasteiger partial charge in [-0.15, -0.1) is 0 Å². The maximum atomic E-state index is 12.6. The molecule has 0 saturated heterocycles. The van der Waals surface area contributed by atoms with E-state index >= 15 is 0 Å². The maximum Gasteiger partial charge on any atom is 0.407 e. The van der Waals surface area contributed by atoms with Crippen molar-refractivity contribution >= 4 is 18.0 Å². The number of carbonyl (C=O) groups excluding carboxylic acids is 2. The van der Waals surface area contributed by atoms with Crippen LogP contribution in [0.2, 0.25) is 0 Å². The van der Waals surface area contributed by atoms with E-state index < -0.39 is 24.0 Å². The molecule has 0 radical (unpaired) electrons. The summed E-state index contributed by atoms with van der Waals surface area (Å²) in [5.74, 6) is -1.68. The highest BCUT2D eigenvalue weighted by Gasteiger charge is 2.30. The number of benzene rings is 2. The summed E-state index contributed by atoms with van der Waals surface area (Å²) >= 11 is 0. The zero-order chi connectivity index (χ0) is 24.1. The van der Waals surface area contributed by atoms with Gasteiger partial charge < -0.3 is 20.5 Å². The van der Waals surface area contributed by atoms with Crippen LogP contribution in [0.15, 0.2) is 54.6 Å². The Morgan fingerprint density at radius 2 is 1.74 bits per heavy atom. The third-order valence-corrected chi connectivity index (χ3v) is 5.80. The van der Waals surface area contributed by atoms with E-state index in [1.54, 1.807) is 6.07 Å². The Balaban J connectivity index is 1.38. The molecule has 0 spiro atoms. The minimum absolute atomic E-state index is 0.0645. The molecule has 0 aliphatic heterocycles. The first-order chi connectivity index (χ1) is 16.4. The molecule has 3 aromatic rings. The van der Waals surface area contributed by atoms with Crippen molar-refractivity contribution in [2.24, 2.45) is 0 Å². The lowest BCUT2D eigenvalue weighted by atomic mass is 9.98. The third kappa shape index (κ3) is 5.25. The van der Waals surface area contributed by atoms with Crippen molar-refractivity contribution < 1.29 is 24.2 Å². The molecule has 1 aliphatic rings. The lowest BCUT2D eigenvalue weighted by Crippen LogP contribution is -2.47. The summed E-state index contributed by atoms with van der Waals surface area (Å²) in [4.78, 5) is 36.3. The summed E-state index contributed by atoms with van der Waals surface area (Å²) in [7, 11) is 0. The summed E-state index contributed by atoms with van der Waals surface area (Å²) in [5, 5.41) is 21.1. The van der Waals surface area contributed by atoms with Crippen molar-refractivity contribution in [3.63, 3.8) is 0 Å². The highest BCUT2D eigenvalue weighted by atomic mass is 16.5. The Bertz CT molecular complexity index is 1160. The van der Waals surface area contributed by atoms with Crippen LogP contribution in [0.1, 0.15) is 41.3 Å². The quantitative estimate of drug-likeness (QED) is 0.386. The number of aryl methyl sites for hydroxylation is 1. The zero-order valence-corrected chi connectivity index (χ0v) is 18.7. The molecule has 2 amide bonds. The Labute approximate surface area is 196 Å². The molecule has 4 rings (SSSR count). The monoisotopic (exact) mass is 462 g/mol. The van der Waals surface area contributed by atoms with Gasteiger partial charge in [-0.3, -0.25) is 14.7 Å². The number of alkyl carbamates (subject to hydrolysis) is 1. The van der Waals surface area contributed by atoms with E-state index in [-0.39, 0.29) is 31.9 Å². The van der Waals surface area contributed by atoms with Gasteiger partial charge >= 0.3 is 12.1 Å². The van der Waals surface area contributed by atoms with Crippen LogP contribution in [-0.4, -0.2) is 45.9 Å². The maximum absolute atomic E-state index is 12.6. The number of hydrogen-bond donors (Lipinski definition) is 4. The number of rotatable bonds is 9. The molecule has 176 valence electrons. The molecule has 1 aromatic heterocycles. The van der Waals surface area contributed by atoms with Crippen molar-refractivity contribution in [1.29, 1.82) is 0 Å². The number of carboxylic acid groups (broad SMARTS) is 1. The second kappa shape index (κ2) is 10.2. The van der Waals surface area contributed by atoms with Crippen molar-refractivity contribution in [1.82, 2.24) is 20.8 Å². The molecule has 9 nitrogen and oxygen atoms in total. The van der Waals surface area contributed by atoms with E-state index in [1.807, 2.05) is 55.5 Å². The highest BCUT2D eigenvalue weighted by molar-refractivity contribution is 5.86. The summed E-state index contributed by atoms with van der Waals surface area (Å²) < 4.78 is 5.50. The minimum Gasteiger partial charge on any atom is -0.481 e. The fourth-order valence-electron chi connectivity index (χ4n) is 4.18. The van der Waals surface area contributed by atoms with Gasteiger partial charge in [-0.1, -0.05) is 48.5 Å². The van der Waals surface area contributed by atoms with Gasteiger partial charge in [-0.25, -0.2) is 4.79 Å². The molecular weight excluding hydrogens is 436 g/mol. The van der Waals surface area contributed by atoms with E-state index in [0.29, 0.717) is 5.69 Å². The predicted molar refractivity (Wildman–Crippen MR) is 124 cm³/mol. The third-order valence-electron chi connectivity index (χ3n) is 5.80. The predicted octanol–water partition coefficient (Wildman–Crippen LogP) is 3.11. The summed E-state index contributed by atoms with van der Waals surface area (Å²) in [5.41, 5.74) is 5.85. The molecule has 1 aliphatic carbocycles. The Morgan fingerprint density at radius 1 is 1.09 bits per heavy atom. The molecule has 9 heteroatoms. The second-order valence-corrected chi connectivity index (χ2v) is 8.21. The second-order valence-electron chi connectivity index (χ2n) is 8.21. The van der Waals surface area contributed by atoms with Crippen molar-refractivity contribution in [3.05, 3.63) is 77.1 Å². The van der Waals surface area contributed by atoms with Crippen molar-refractivity contribution in [3.8, 4) is 11.1 Å². The number of nitrogens with one attached hydrogen (secondary N) is 3. The number of aromatic nitrogens is 2. The summed E-state index contributed by atoms with van der Waals surface area (Å²) in [6, 6.07) is 16.7. The number of aliphatic carboxylic acids is 1. The SMILES string of the molecule is Cc1cc(CNC(=O)C(CCC(=O)O)NC(=O)OCC2c3ccccc3-c3ccccc32)n[nH]1. The number of carbonyl (C=O) groups is 3. The molecular formula is C25H26N4O5.